The fourth-order valence-corrected chi connectivity index (χ4v) is 1.51. The number of ether oxygens (including phenoxy) is 1. The molecule has 0 spiro atoms. The number of hydrogen-bond donors (Lipinski definition) is 0. The molecule has 0 amide bonds. The summed E-state index contributed by atoms with van der Waals surface area (Å²) in [7, 11) is 1.46. The van der Waals surface area contributed by atoms with Crippen molar-refractivity contribution in [2.75, 3.05) is 0 Å². The molecule has 0 atom stereocenters. The monoisotopic (exact) mass is 269 g/mol. The second kappa shape index (κ2) is 5.80. The van der Waals surface area contributed by atoms with E-state index in [1.165, 1.54) is 19.2 Å². The average molecular weight is 269 g/mol. The number of nitrogens with zero attached hydrogens (tertiary/aromatic N) is 3. The molecular formula is C14H11N3O3. The normalized spacial score (nSPS) is 9.80. The molecule has 0 N–H and O–H groups in total. The zero-order valence-electron chi connectivity index (χ0n) is 10.7. The molecule has 0 radical (unpaired) electrons. The SMILES string of the molecule is Cn1nc(C(=O)OCc2ccc(C#N)cc2)ccc1=O. The van der Waals surface area contributed by atoms with Gasteiger partial charge in [-0.2, -0.15) is 10.4 Å². The van der Waals surface area contributed by atoms with Gasteiger partial charge < -0.3 is 4.74 Å². The van der Waals surface area contributed by atoms with E-state index >= 15 is 0 Å². The minimum absolute atomic E-state index is 0.0701. The van der Waals surface area contributed by atoms with Crippen molar-refractivity contribution in [1.82, 2.24) is 9.78 Å². The molecule has 0 saturated heterocycles. The maximum Gasteiger partial charge on any atom is 0.359 e. The van der Waals surface area contributed by atoms with Crippen LogP contribution in [0, 0.1) is 11.3 Å². The molecule has 0 unspecified atom stereocenters. The Morgan fingerprint density at radius 3 is 2.60 bits per heavy atom. The number of carbonyl (C=O) groups is 1. The van der Waals surface area contributed by atoms with Gasteiger partial charge in [0, 0.05) is 13.1 Å². The van der Waals surface area contributed by atoms with E-state index in [2.05, 4.69) is 5.10 Å². The summed E-state index contributed by atoms with van der Waals surface area (Å²) in [6.07, 6.45) is 0. The second-order valence-corrected chi connectivity index (χ2v) is 4.07. The van der Waals surface area contributed by atoms with Crippen molar-refractivity contribution in [2.45, 2.75) is 6.61 Å². The highest BCUT2D eigenvalue weighted by atomic mass is 16.5. The molecule has 0 aliphatic carbocycles. The predicted molar refractivity (Wildman–Crippen MR) is 69.8 cm³/mol. The van der Waals surface area contributed by atoms with Crippen LogP contribution in [0.15, 0.2) is 41.2 Å². The van der Waals surface area contributed by atoms with Crippen molar-refractivity contribution in [3.63, 3.8) is 0 Å². The maximum absolute atomic E-state index is 11.8. The first-order valence-electron chi connectivity index (χ1n) is 5.80. The van der Waals surface area contributed by atoms with Crippen LogP contribution in [0.2, 0.25) is 0 Å². The van der Waals surface area contributed by atoms with Crippen molar-refractivity contribution in [2.24, 2.45) is 7.05 Å². The Kier molecular flexibility index (Phi) is 3.91. The molecular weight excluding hydrogens is 258 g/mol. The summed E-state index contributed by atoms with van der Waals surface area (Å²) < 4.78 is 6.15. The minimum Gasteiger partial charge on any atom is -0.456 e. The molecule has 1 heterocycles. The lowest BCUT2D eigenvalue weighted by Crippen LogP contribution is -2.21. The first-order chi connectivity index (χ1) is 9.60. The molecule has 1 aromatic carbocycles. The van der Waals surface area contributed by atoms with Crippen molar-refractivity contribution in [3.05, 3.63) is 63.6 Å². The van der Waals surface area contributed by atoms with Crippen molar-refractivity contribution in [1.29, 1.82) is 5.26 Å². The Morgan fingerprint density at radius 1 is 1.30 bits per heavy atom. The van der Waals surface area contributed by atoms with Crippen molar-refractivity contribution in [3.8, 4) is 6.07 Å². The van der Waals surface area contributed by atoms with Gasteiger partial charge in [-0.3, -0.25) is 4.79 Å². The van der Waals surface area contributed by atoms with Gasteiger partial charge in [0.25, 0.3) is 5.56 Å². The van der Waals surface area contributed by atoms with E-state index in [4.69, 9.17) is 10.00 Å². The quantitative estimate of drug-likeness (QED) is 0.776. The van der Waals surface area contributed by atoms with E-state index in [9.17, 15) is 9.59 Å². The van der Waals surface area contributed by atoms with Crippen LogP contribution >= 0.6 is 0 Å². The Bertz CT molecular complexity index is 727. The van der Waals surface area contributed by atoms with Crippen LogP contribution in [0.25, 0.3) is 0 Å². The third-order valence-electron chi connectivity index (χ3n) is 2.62. The fourth-order valence-electron chi connectivity index (χ4n) is 1.51. The molecule has 0 bridgehead atoms. The molecule has 6 nitrogen and oxygen atoms in total. The minimum atomic E-state index is -0.607. The smallest absolute Gasteiger partial charge is 0.359 e. The lowest BCUT2D eigenvalue weighted by molar-refractivity contribution is 0.0463. The third kappa shape index (κ3) is 3.09. The zero-order chi connectivity index (χ0) is 14.5. The fraction of sp³-hybridized carbons (Fsp3) is 0.143. The number of aryl methyl sites for hydroxylation is 1. The van der Waals surface area contributed by atoms with Gasteiger partial charge in [0.1, 0.15) is 6.61 Å². The Balaban J connectivity index is 2.02. The number of rotatable bonds is 3. The van der Waals surface area contributed by atoms with Crippen LogP contribution in [-0.4, -0.2) is 15.7 Å². The van der Waals surface area contributed by atoms with Gasteiger partial charge in [-0.15, -0.1) is 0 Å². The highest BCUT2D eigenvalue weighted by molar-refractivity contribution is 5.86. The van der Waals surface area contributed by atoms with Gasteiger partial charge in [0.15, 0.2) is 5.69 Å². The number of hydrogen-bond acceptors (Lipinski definition) is 5. The van der Waals surface area contributed by atoms with Crippen LogP contribution < -0.4 is 5.56 Å². The summed E-state index contributed by atoms with van der Waals surface area (Å²) in [5, 5.41) is 12.5. The van der Waals surface area contributed by atoms with Crippen molar-refractivity contribution >= 4 is 5.97 Å². The molecule has 0 aliphatic heterocycles. The van der Waals surface area contributed by atoms with E-state index in [0.717, 1.165) is 10.2 Å². The Hall–Kier alpha value is -2.94. The summed E-state index contributed by atoms with van der Waals surface area (Å²) >= 11 is 0. The van der Waals surface area contributed by atoms with E-state index in [0.29, 0.717) is 5.56 Å². The first-order valence-corrected chi connectivity index (χ1v) is 5.80. The van der Waals surface area contributed by atoms with Crippen LogP contribution in [0.3, 0.4) is 0 Å². The lowest BCUT2D eigenvalue weighted by atomic mass is 10.2. The van der Waals surface area contributed by atoms with Gasteiger partial charge >= 0.3 is 5.97 Å². The largest absolute Gasteiger partial charge is 0.456 e. The maximum atomic E-state index is 11.8. The van der Waals surface area contributed by atoms with E-state index in [1.807, 2.05) is 6.07 Å². The molecule has 2 rings (SSSR count). The molecule has 20 heavy (non-hydrogen) atoms. The molecule has 1 aromatic heterocycles. The zero-order valence-corrected chi connectivity index (χ0v) is 10.7. The third-order valence-corrected chi connectivity index (χ3v) is 2.62. The van der Waals surface area contributed by atoms with E-state index in [1.54, 1.807) is 24.3 Å². The molecule has 2 aromatic rings. The van der Waals surface area contributed by atoms with Gasteiger partial charge in [-0.25, -0.2) is 9.48 Å². The molecule has 100 valence electrons. The number of carbonyl (C=O) groups excluding carboxylic acids is 1. The van der Waals surface area contributed by atoms with E-state index in [-0.39, 0.29) is 17.9 Å². The Morgan fingerprint density at radius 2 is 2.00 bits per heavy atom. The Labute approximate surface area is 114 Å². The van der Waals surface area contributed by atoms with Gasteiger partial charge in [-0.1, -0.05) is 12.1 Å². The predicted octanol–water partition coefficient (Wildman–Crippen LogP) is 1.01. The molecule has 6 heteroatoms. The number of aromatic nitrogens is 2. The average Bonchev–Trinajstić information content (AvgIpc) is 2.48. The first kappa shape index (κ1) is 13.5. The highest BCUT2D eigenvalue weighted by Crippen LogP contribution is 2.06. The summed E-state index contributed by atoms with van der Waals surface area (Å²) in [5.41, 5.74) is 1.08. The molecule has 0 fully saturated rings. The van der Waals surface area contributed by atoms with Gasteiger partial charge in [0.05, 0.1) is 11.6 Å². The van der Waals surface area contributed by atoms with Crippen LogP contribution in [0.4, 0.5) is 0 Å². The number of benzene rings is 1. The number of esters is 1. The van der Waals surface area contributed by atoms with E-state index < -0.39 is 5.97 Å². The molecule has 0 aliphatic rings. The topological polar surface area (TPSA) is 85.0 Å². The standard InChI is InChI=1S/C14H11N3O3/c1-17-13(18)7-6-12(16-17)14(19)20-9-11-4-2-10(8-15)3-5-11/h2-7H,9H2,1H3. The number of nitriles is 1. The van der Waals surface area contributed by atoms with Gasteiger partial charge in [-0.05, 0) is 23.8 Å². The lowest BCUT2D eigenvalue weighted by Gasteiger charge is -2.05. The summed E-state index contributed by atoms with van der Waals surface area (Å²) in [6.45, 7) is 0.0784. The van der Waals surface area contributed by atoms with Crippen molar-refractivity contribution < 1.29 is 9.53 Å². The second-order valence-electron chi connectivity index (χ2n) is 4.07. The van der Waals surface area contributed by atoms with Crippen LogP contribution in [-0.2, 0) is 18.4 Å². The van der Waals surface area contributed by atoms with Crippen LogP contribution in [0.1, 0.15) is 21.6 Å². The van der Waals surface area contributed by atoms with Gasteiger partial charge in [0.2, 0.25) is 0 Å². The highest BCUT2D eigenvalue weighted by Gasteiger charge is 2.10. The molecule has 0 saturated carbocycles. The summed E-state index contributed by atoms with van der Waals surface area (Å²) in [6, 6.07) is 11.3. The summed E-state index contributed by atoms with van der Waals surface area (Å²) in [4.78, 5) is 22.9. The van der Waals surface area contributed by atoms with Crippen LogP contribution in [0.5, 0.6) is 0 Å². The summed E-state index contributed by atoms with van der Waals surface area (Å²) in [5.74, 6) is -0.607.